The van der Waals surface area contributed by atoms with Gasteiger partial charge in [0.15, 0.2) is 0 Å². The van der Waals surface area contributed by atoms with Gasteiger partial charge >= 0.3 is 0 Å². The molecule has 0 unspecified atom stereocenters. The molecule has 1 rings (SSSR count). The van der Waals surface area contributed by atoms with E-state index in [0.717, 1.165) is 38.8 Å². The smallest absolute Gasteiger partial charge is 0.242 e. The normalized spacial score (nSPS) is 12.0. The van der Waals surface area contributed by atoms with E-state index in [0.29, 0.717) is 11.4 Å². The largest absolute Gasteiger partial charge is 0.317 e. The van der Waals surface area contributed by atoms with Gasteiger partial charge in [0.2, 0.25) is 10.0 Å². The van der Waals surface area contributed by atoms with Crippen LogP contribution in [-0.4, -0.2) is 39.4 Å². The van der Waals surface area contributed by atoms with Crippen molar-refractivity contribution in [1.82, 2.24) is 9.62 Å². The van der Waals surface area contributed by atoms with E-state index in [9.17, 15) is 8.42 Å². The van der Waals surface area contributed by atoms with Gasteiger partial charge in [-0.05, 0) is 56.5 Å². The predicted molar refractivity (Wildman–Crippen MR) is 88.0 cm³/mol. The molecule has 0 fully saturated rings. The molecule has 1 N–H and O–H groups in total. The van der Waals surface area contributed by atoms with Crippen LogP contribution in [0.15, 0.2) is 29.2 Å². The van der Waals surface area contributed by atoms with Crippen molar-refractivity contribution in [2.24, 2.45) is 0 Å². The molecular weight excluding hydrogens is 284 g/mol. The molecule has 21 heavy (non-hydrogen) atoms. The molecule has 1 aromatic rings. The van der Waals surface area contributed by atoms with Crippen LogP contribution in [0.4, 0.5) is 0 Å². The molecule has 0 aliphatic heterocycles. The van der Waals surface area contributed by atoms with E-state index < -0.39 is 10.0 Å². The second-order valence-corrected chi connectivity index (χ2v) is 7.37. The summed E-state index contributed by atoms with van der Waals surface area (Å²) in [6, 6.07) is 7.28. The number of nitrogens with zero attached hydrogens (tertiary/aromatic N) is 1. The quantitative estimate of drug-likeness (QED) is 0.676. The van der Waals surface area contributed by atoms with Crippen LogP contribution in [0, 0.1) is 0 Å². The molecule has 120 valence electrons. The second kappa shape index (κ2) is 9.18. The van der Waals surface area contributed by atoms with Gasteiger partial charge in [-0.2, -0.15) is 0 Å². The molecule has 0 aromatic heterocycles. The van der Waals surface area contributed by atoms with Crippen molar-refractivity contribution in [2.75, 3.05) is 26.7 Å². The minimum Gasteiger partial charge on any atom is -0.317 e. The van der Waals surface area contributed by atoms with Crippen molar-refractivity contribution in [3.05, 3.63) is 29.8 Å². The van der Waals surface area contributed by atoms with Crippen molar-refractivity contribution in [3.8, 4) is 0 Å². The predicted octanol–water partition coefficient (Wildman–Crippen LogP) is 2.65. The summed E-state index contributed by atoms with van der Waals surface area (Å²) in [6.45, 7) is 6.74. The first kappa shape index (κ1) is 18.1. The molecule has 0 heterocycles. The molecule has 0 saturated heterocycles. The summed E-state index contributed by atoms with van der Waals surface area (Å²) in [4.78, 5) is 0.381. The number of rotatable bonds is 10. The minimum absolute atomic E-state index is 0.381. The Kier molecular flexibility index (Phi) is 7.93. The highest BCUT2D eigenvalue weighted by molar-refractivity contribution is 7.89. The zero-order valence-corrected chi connectivity index (χ0v) is 14.2. The van der Waals surface area contributed by atoms with Crippen molar-refractivity contribution in [1.29, 1.82) is 0 Å². The van der Waals surface area contributed by atoms with Gasteiger partial charge in [0.1, 0.15) is 0 Å². The molecule has 0 aliphatic carbocycles. The number of hydrogen-bond donors (Lipinski definition) is 1. The molecule has 0 atom stereocenters. The van der Waals surface area contributed by atoms with Crippen LogP contribution in [0.5, 0.6) is 0 Å². The first-order valence-corrected chi connectivity index (χ1v) is 9.22. The first-order chi connectivity index (χ1) is 10.0. The Hall–Kier alpha value is -0.910. The van der Waals surface area contributed by atoms with Gasteiger partial charge in [0.05, 0.1) is 4.90 Å². The van der Waals surface area contributed by atoms with E-state index in [1.54, 1.807) is 19.2 Å². The van der Waals surface area contributed by atoms with Crippen LogP contribution in [0.1, 0.15) is 38.7 Å². The summed E-state index contributed by atoms with van der Waals surface area (Å²) in [5, 5.41) is 3.37. The molecule has 0 radical (unpaired) electrons. The van der Waals surface area contributed by atoms with Gasteiger partial charge in [-0.1, -0.05) is 26.0 Å². The fourth-order valence-corrected chi connectivity index (χ4v) is 3.43. The van der Waals surface area contributed by atoms with E-state index in [2.05, 4.69) is 12.2 Å². The summed E-state index contributed by atoms with van der Waals surface area (Å²) in [5.74, 6) is 0. The lowest BCUT2D eigenvalue weighted by atomic mass is 10.1. The van der Waals surface area contributed by atoms with Crippen LogP contribution in [0.2, 0.25) is 0 Å². The highest BCUT2D eigenvalue weighted by Crippen LogP contribution is 2.16. The topological polar surface area (TPSA) is 49.4 Å². The fraction of sp³-hybridized carbons (Fsp3) is 0.625. The van der Waals surface area contributed by atoms with Gasteiger partial charge in [-0.25, -0.2) is 12.7 Å². The van der Waals surface area contributed by atoms with Crippen LogP contribution >= 0.6 is 0 Å². The van der Waals surface area contributed by atoms with Gasteiger partial charge in [-0.15, -0.1) is 0 Å². The second-order valence-electron chi connectivity index (χ2n) is 5.32. The van der Waals surface area contributed by atoms with Crippen LogP contribution in [-0.2, 0) is 16.4 Å². The number of benzene rings is 1. The average Bonchev–Trinajstić information content (AvgIpc) is 2.48. The van der Waals surface area contributed by atoms with Gasteiger partial charge in [0.25, 0.3) is 0 Å². The number of nitrogens with one attached hydrogen (secondary N) is 1. The Balaban J connectivity index is 2.57. The monoisotopic (exact) mass is 312 g/mol. The lowest BCUT2D eigenvalue weighted by molar-refractivity contribution is 0.468. The molecule has 0 amide bonds. The number of aryl methyl sites for hydroxylation is 1. The van der Waals surface area contributed by atoms with E-state index in [4.69, 9.17) is 0 Å². The molecule has 0 spiro atoms. The summed E-state index contributed by atoms with van der Waals surface area (Å²) < 4.78 is 26.0. The van der Waals surface area contributed by atoms with Gasteiger partial charge in [0, 0.05) is 13.6 Å². The first-order valence-electron chi connectivity index (χ1n) is 7.78. The zero-order chi connectivity index (χ0) is 15.7. The highest BCUT2D eigenvalue weighted by atomic mass is 32.2. The highest BCUT2D eigenvalue weighted by Gasteiger charge is 2.19. The molecule has 0 saturated carbocycles. The summed E-state index contributed by atoms with van der Waals surface area (Å²) >= 11 is 0. The molecule has 1 aromatic carbocycles. The molecule has 0 aliphatic rings. The third-order valence-corrected chi connectivity index (χ3v) is 5.29. The Bertz CT molecular complexity index is 498. The van der Waals surface area contributed by atoms with Gasteiger partial charge in [-0.3, -0.25) is 0 Å². The van der Waals surface area contributed by atoms with E-state index in [-0.39, 0.29) is 0 Å². The molecule has 0 bridgehead atoms. The third-order valence-electron chi connectivity index (χ3n) is 3.42. The lowest BCUT2D eigenvalue weighted by Gasteiger charge is -2.16. The number of sulfonamides is 1. The summed E-state index contributed by atoms with van der Waals surface area (Å²) in [7, 11) is -1.70. The molecular formula is C16H28N2O2S. The van der Waals surface area contributed by atoms with Crippen molar-refractivity contribution >= 4 is 10.0 Å². The fourth-order valence-electron chi connectivity index (χ4n) is 2.16. The van der Waals surface area contributed by atoms with Crippen LogP contribution in [0.25, 0.3) is 0 Å². The van der Waals surface area contributed by atoms with Crippen LogP contribution < -0.4 is 5.32 Å². The third kappa shape index (κ3) is 5.77. The van der Waals surface area contributed by atoms with Crippen molar-refractivity contribution in [2.45, 2.75) is 44.4 Å². The van der Waals surface area contributed by atoms with E-state index in [1.165, 1.54) is 9.87 Å². The van der Waals surface area contributed by atoms with E-state index in [1.807, 2.05) is 19.1 Å². The average molecular weight is 312 g/mol. The molecule has 4 nitrogen and oxygen atoms in total. The maximum absolute atomic E-state index is 12.3. The Labute approximate surface area is 129 Å². The maximum Gasteiger partial charge on any atom is 0.242 e. The van der Waals surface area contributed by atoms with Gasteiger partial charge < -0.3 is 5.32 Å². The maximum atomic E-state index is 12.3. The van der Waals surface area contributed by atoms with E-state index >= 15 is 0 Å². The Morgan fingerprint density at radius 1 is 1.05 bits per heavy atom. The Morgan fingerprint density at radius 3 is 2.29 bits per heavy atom. The Morgan fingerprint density at radius 2 is 1.71 bits per heavy atom. The number of hydrogen-bond acceptors (Lipinski definition) is 3. The van der Waals surface area contributed by atoms with Crippen molar-refractivity contribution in [3.63, 3.8) is 0 Å². The summed E-state index contributed by atoms with van der Waals surface area (Å²) in [6.07, 6.45) is 4.01. The van der Waals surface area contributed by atoms with Crippen LogP contribution in [0.3, 0.4) is 0 Å². The standard InChI is InChI=1S/C16H28N2O2S/c1-4-12-17-13-6-7-15-8-10-16(11-9-15)21(19,20)18(3)14-5-2/h8-11,17H,4-7,12-14H2,1-3H3. The minimum atomic E-state index is -3.33. The SMILES string of the molecule is CCCNCCCc1ccc(S(=O)(=O)N(C)CCC)cc1. The zero-order valence-electron chi connectivity index (χ0n) is 13.4. The summed E-state index contributed by atoms with van der Waals surface area (Å²) in [5.41, 5.74) is 1.19. The lowest BCUT2D eigenvalue weighted by Crippen LogP contribution is -2.27. The van der Waals surface area contributed by atoms with Crippen molar-refractivity contribution < 1.29 is 8.42 Å². The molecule has 5 heteroatoms.